The normalized spacial score (nSPS) is 10.9. The van der Waals surface area contributed by atoms with Gasteiger partial charge >= 0.3 is 5.97 Å². The molecule has 0 unspecified atom stereocenters. The maximum absolute atomic E-state index is 11.7. The molecule has 2 rings (SSSR count). The number of nitriles is 1. The Labute approximate surface area is 132 Å². The van der Waals surface area contributed by atoms with Crippen LogP contribution in [0.2, 0.25) is 0 Å². The molecule has 0 amide bonds. The number of benzene rings is 1. The number of esters is 1. The van der Waals surface area contributed by atoms with Gasteiger partial charge in [0.15, 0.2) is 5.84 Å². The highest BCUT2D eigenvalue weighted by Gasteiger charge is 2.09. The number of carbonyl (C=O) groups is 1. The van der Waals surface area contributed by atoms with Gasteiger partial charge in [0.2, 0.25) is 5.71 Å². The van der Waals surface area contributed by atoms with Crippen LogP contribution in [0.1, 0.15) is 17.4 Å². The van der Waals surface area contributed by atoms with Crippen molar-refractivity contribution in [3.63, 3.8) is 0 Å². The second-order valence-corrected chi connectivity index (χ2v) is 4.42. The zero-order valence-electron chi connectivity index (χ0n) is 12.3. The molecule has 4 N–H and O–H groups in total. The summed E-state index contributed by atoms with van der Waals surface area (Å²) < 4.78 is 4.91. The third-order valence-corrected chi connectivity index (χ3v) is 2.83. The fourth-order valence-electron chi connectivity index (χ4n) is 1.77. The lowest BCUT2D eigenvalue weighted by Crippen LogP contribution is -2.21. The molecule has 0 spiro atoms. The molecule has 2 aromatic rings. The maximum Gasteiger partial charge on any atom is 0.356 e. The van der Waals surface area contributed by atoms with Crippen molar-refractivity contribution in [1.29, 1.82) is 10.7 Å². The van der Waals surface area contributed by atoms with Crippen LogP contribution in [-0.4, -0.2) is 29.1 Å². The summed E-state index contributed by atoms with van der Waals surface area (Å²) in [6.07, 6.45) is 0. The predicted molar refractivity (Wildman–Crippen MR) is 86.3 cm³/mol. The Morgan fingerprint density at radius 1 is 1.48 bits per heavy atom. The van der Waals surface area contributed by atoms with E-state index in [1.165, 1.54) is 0 Å². The van der Waals surface area contributed by atoms with E-state index in [-0.39, 0.29) is 18.0 Å². The fourth-order valence-corrected chi connectivity index (χ4v) is 1.77. The van der Waals surface area contributed by atoms with Gasteiger partial charge in [0.25, 0.3) is 0 Å². The molecule has 23 heavy (non-hydrogen) atoms. The molecule has 0 aliphatic heterocycles. The van der Waals surface area contributed by atoms with E-state index in [0.717, 1.165) is 5.39 Å². The zero-order valence-corrected chi connectivity index (χ0v) is 12.3. The van der Waals surface area contributed by atoms with E-state index in [2.05, 4.69) is 15.5 Å². The standard InChI is InChI=1S/C15H14N6O2/c1-2-23-15(22)11-6-4-9-3-5-10(7-12(9)19-11)20-21-13(8-16)14(17)18/h3-7,20H,2H2,1H3,(H3,17,18)/b21-13+. The van der Waals surface area contributed by atoms with E-state index in [1.54, 1.807) is 43.3 Å². The van der Waals surface area contributed by atoms with Crippen molar-refractivity contribution in [2.45, 2.75) is 6.92 Å². The van der Waals surface area contributed by atoms with Crippen LogP contribution in [0.15, 0.2) is 35.4 Å². The van der Waals surface area contributed by atoms with E-state index >= 15 is 0 Å². The molecule has 0 bridgehead atoms. The molecule has 1 aromatic carbocycles. The van der Waals surface area contributed by atoms with Crippen molar-refractivity contribution >= 4 is 34.1 Å². The van der Waals surface area contributed by atoms with Crippen molar-refractivity contribution < 1.29 is 9.53 Å². The van der Waals surface area contributed by atoms with Crippen LogP contribution < -0.4 is 11.2 Å². The number of nitrogens with two attached hydrogens (primary N) is 1. The first-order valence-electron chi connectivity index (χ1n) is 6.71. The number of aromatic nitrogens is 1. The summed E-state index contributed by atoms with van der Waals surface area (Å²) >= 11 is 0. The third-order valence-electron chi connectivity index (χ3n) is 2.83. The molecule has 116 valence electrons. The van der Waals surface area contributed by atoms with Gasteiger partial charge in [-0.05, 0) is 25.1 Å². The van der Waals surface area contributed by atoms with Crippen LogP contribution in [0, 0.1) is 16.7 Å². The minimum absolute atomic E-state index is 0.210. The number of rotatable bonds is 5. The van der Waals surface area contributed by atoms with Gasteiger partial charge in [-0.15, -0.1) is 0 Å². The van der Waals surface area contributed by atoms with Crippen LogP contribution in [0.4, 0.5) is 5.69 Å². The van der Waals surface area contributed by atoms with Gasteiger partial charge in [-0.2, -0.15) is 10.4 Å². The average Bonchev–Trinajstić information content (AvgIpc) is 2.54. The minimum Gasteiger partial charge on any atom is -0.461 e. The van der Waals surface area contributed by atoms with Gasteiger partial charge in [0.05, 0.1) is 17.8 Å². The molecule has 0 saturated heterocycles. The number of ether oxygens (including phenoxy) is 1. The predicted octanol–water partition coefficient (Wildman–Crippen LogP) is 1.64. The molecule has 1 aromatic heterocycles. The Balaban J connectivity index is 2.32. The second-order valence-electron chi connectivity index (χ2n) is 4.42. The Morgan fingerprint density at radius 3 is 2.87 bits per heavy atom. The third kappa shape index (κ3) is 3.79. The van der Waals surface area contributed by atoms with Crippen LogP contribution in [0.3, 0.4) is 0 Å². The minimum atomic E-state index is -0.492. The monoisotopic (exact) mass is 310 g/mol. The molecular weight excluding hydrogens is 296 g/mol. The Kier molecular flexibility index (Phi) is 4.84. The van der Waals surface area contributed by atoms with E-state index in [0.29, 0.717) is 11.2 Å². The van der Waals surface area contributed by atoms with Gasteiger partial charge in [-0.3, -0.25) is 10.8 Å². The van der Waals surface area contributed by atoms with Gasteiger partial charge in [0, 0.05) is 5.39 Å². The van der Waals surface area contributed by atoms with Crippen molar-refractivity contribution in [1.82, 2.24) is 4.98 Å². The number of fused-ring (bicyclic) bond motifs is 1. The lowest BCUT2D eigenvalue weighted by atomic mass is 10.2. The van der Waals surface area contributed by atoms with Crippen LogP contribution >= 0.6 is 0 Å². The first kappa shape index (κ1) is 15.9. The number of nitrogens with zero attached hydrogens (tertiary/aromatic N) is 3. The van der Waals surface area contributed by atoms with Crippen LogP contribution in [0.25, 0.3) is 10.9 Å². The number of nitrogens with one attached hydrogen (secondary N) is 2. The molecule has 0 atom stereocenters. The summed E-state index contributed by atoms with van der Waals surface area (Å²) in [5, 5.41) is 20.5. The molecule has 0 radical (unpaired) electrons. The molecule has 8 heteroatoms. The SMILES string of the molecule is CCOC(=O)c1ccc2ccc(N/N=C(\C#N)C(=N)N)cc2n1. The summed E-state index contributed by atoms with van der Waals surface area (Å²) in [5.41, 5.74) is 8.94. The summed E-state index contributed by atoms with van der Waals surface area (Å²) in [5.74, 6) is -0.919. The number of pyridine rings is 1. The smallest absolute Gasteiger partial charge is 0.356 e. The summed E-state index contributed by atoms with van der Waals surface area (Å²) in [6, 6.07) is 10.2. The summed E-state index contributed by atoms with van der Waals surface area (Å²) in [4.78, 5) is 15.9. The highest BCUT2D eigenvalue weighted by molar-refractivity contribution is 6.45. The zero-order chi connectivity index (χ0) is 16.8. The quantitative estimate of drug-likeness (QED) is 0.332. The van der Waals surface area contributed by atoms with Crippen molar-refractivity contribution in [2.75, 3.05) is 12.0 Å². The number of hydrogen-bond donors (Lipinski definition) is 3. The molecule has 0 aliphatic rings. The van der Waals surface area contributed by atoms with E-state index < -0.39 is 11.8 Å². The van der Waals surface area contributed by atoms with Gasteiger partial charge < -0.3 is 10.5 Å². The molecule has 1 heterocycles. The highest BCUT2D eigenvalue weighted by Crippen LogP contribution is 2.18. The van der Waals surface area contributed by atoms with Crippen molar-refractivity contribution in [3.8, 4) is 6.07 Å². The molecule has 0 fully saturated rings. The summed E-state index contributed by atoms with van der Waals surface area (Å²) in [7, 11) is 0. The first-order chi connectivity index (χ1) is 11.0. The Hall–Kier alpha value is -3.47. The largest absolute Gasteiger partial charge is 0.461 e. The summed E-state index contributed by atoms with van der Waals surface area (Å²) in [6.45, 7) is 2.00. The first-order valence-corrected chi connectivity index (χ1v) is 6.71. The van der Waals surface area contributed by atoms with E-state index in [4.69, 9.17) is 21.1 Å². The number of amidine groups is 1. The van der Waals surface area contributed by atoms with Gasteiger partial charge in [-0.25, -0.2) is 9.78 Å². The molecule has 0 aliphatic carbocycles. The molecule has 0 saturated carbocycles. The highest BCUT2D eigenvalue weighted by atomic mass is 16.5. The lowest BCUT2D eigenvalue weighted by molar-refractivity contribution is 0.0520. The number of anilines is 1. The van der Waals surface area contributed by atoms with Gasteiger partial charge in [0.1, 0.15) is 11.8 Å². The van der Waals surface area contributed by atoms with Crippen molar-refractivity contribution in [2.24, 2.45) is 10.8 Å². The second kappa shape index (κ2) is 7.00. The Morgan fingerprint density at radius 2 is 2.22 bits per heavy atom. The van der Waals surface area contributed by atoms with Gasteiger partial charge in [-0.1, -0.05) is 12.1 Å². The lowest BCUT2D eigenvalue weighted by Gasteiger charge is -2.05. The van der Waals surface area contributed by atoms with Crippen molar-refractivity contribution in [3.05, 3.63) is 36.0 Å². The average molecular weight is 310 g/mol. The van der Waals surface area contributed by atoms with E-state index in [1.807, 2.05) is 0 Å². The fraction of sp³-hybridized carbons (Fsp3) is 0.133. The van der Waals surface area contributed by atoms with Crippen LogP contribution in [-0.2, 0) is 4.74 Å². The number of hydrazone groups is 1. The Bertz CT molecular complexity index is 837. The van der Waals surface area contributed by atoms with E-state index in [9.17, 15) is 4.79 Å². The number of carbonyl (C=O) groups excluding carboxylic acids is 1. The molecule has 8 nitrogen and oxygen atoms in total. The van der Waals surface area contributed by atoms with Crippen LogP contribution in [0.5, 0.6) is 0 Å². The molecular formula is C15H14N6O2. The topological polar surface area (TPSA) is 137 Å². The maximum atomic E-state index is 11.7. The number of hydrogen-bond acceptors (Lipinski definition) is 7.